The Morgan fingerprint density at radius 1 is 1.67 bits per heavy atom. The molecule has 1 aromatic heterocycles. The van der Waals surface area contributed by atoms with Gasteiger partial charge in [-0.25, -0.2) is 0 Å². The Morgan fingerprint density at radius 3 is 2.87 bits per heavy atom. The van der Waals surface area contributed by atoms with E-state index in [4.69, 9.17) is 0 Å². The minimum absolute atomic E-state index is 0.0218. The molecular weight excluding hydrogens is 192 g/mol. The number of aliphatic hydroxyl groups is 1. The van der Waals surface area contributed by atoms with Crippen molar-refractivity contribution >= 4 is 0 Å². The molecule has 5 heteroatoms. The Kier molecular flexibility index (Phi) is 2.52. The minimum atomic E-state index is -0.181. The number of hydrogen-bond acceptors (Lipinski definition) is 4. The topological polar surface area (TPSA) is 63.0 Å². The van der Waals surface area contributed by atoms with Gasteiger partial charge in [0, 0.05) is 25.0 Å². The van der Waals surface area contributed by atoms with E-state index in [-0.39, 0.29) is 11.5 Å². The summed E-state index contributed by atoms with van der Waals surface area (Å²) >= 11 is 0. The highest BCUT2D eigenvalue weighted by Crippen LogP contribution is 2.40. The molecule has 2 rings (SSSR count). The molecule has 0 bridgehead atoms. The lowest BCUT2D eigenvalue weighted by molar-refractivity contribution is -0.0731. The van der Waals surface area contributed by atoms with Crippen molar-refractivity contribution in [2.24, 2.45) is 12.5 Å². The molecule has 0 aliphatic heterocycles. The third kappa shape index (κ3) is 1.77. The third-order valence-corrected chi connectivity index (χ3v) is 3.55. The molecule has 1 aromatic rings. The SMILES string of the molecule is Cn1nncc1CNC1CC(O)C1(C)C. The average molecular weight is 210 g/mol. The van der Waals surface area contributed by atoms with E-state index in [0.29, 0.717) is 6.04 Å². The van der Waals surface area contributed by atoms with Crippen molar-refractivity contribution in [2.75, 3.05) is 0 Å². The van der Waals surface area contributed by atoms with Crippen LogP contribution in [0.4, 0.5) is 0 Å². The zero-order valence-corrected chi connectivity index (χ0v) is 9.44. The number of nitrogens with zero attached hydrogens (tertiary/aromatic N) is 3. The lowest BCUT2D eigenvalue weighted by atomic mass is 9.64. The zero-order valence-electron chi connectivity index (χ0n) is 9.44. The number of aryl methyl sites for hydroxylation is 1. The highest BCUT2D eigenvalue weighted by molar-refractivity contribution is 5.03. The van der Waals surface area contributed by atoms with E-state index in [9.17, 15) is 5.11 Å². The first-order chi connectivity index (χ1) is 7.01. The Bertz CT molecular complexity index is 347. The molecule has 1 aliphatic carbocycles. The van der Waals surface area contributed by atoms with Crippen molar-refractivity contribution in [1.29, 1.82) is 0 Å². The van der Waals surface area contributed by atoms with Gasteiger partial charge in [-0.1, -0.05) is 19.1 Å². The van der Waals surface area contributed by atoms with Crippen LogP contribution < -0.4 is 5.32 Å². The number of aliphatic hydroxyl groups excluding tert-OH is 1. The molecule has 1 saturated carbocycles. The molecule has 2 atom stereocenters. The summed E-state index contributed by atoms with van der Waals surface area (Å²) in [5.74, 6) is 0. The Morgan fingerprint density at radius 2 is 2.40 bits per heavy atom. The number of nitrogens with one attached hydrogen (secondary N) is 1. The lowest BCUT2D eigenvalue weighted by Crippen LogP contribution is -2.59. The third-order valence-electron chi connectivity index (χ3n) is 3.55. The van der Waals surface area contributed by atoms with Crippen LogP contribution in [0.2, 0.25) is 0 Å². The molecule has 0 spiro atoms. The molecule has 5 nitrogen and oxygen atoms in total. The number of rotatable bonds is 3. The van der Waals surface area contributed by atoms with Crippen molar-refractivity contribution in [3.8, 4) is 0 Å². The van der Waals surface area contributed by atoms with Gasteiger partial charge in [-0.05, 0) is 6.42 Å². The van der Waals surface area contributed by atoms with Gasteiger partial charge in [-0.2, -0.15) is 0 Å². The predicted molar refractivity (Wildman–Crippen MR) is 56.0 cm³/mol. The second kappa shape index (κ2) is 3.57. The smallest absolute Gasteiger partial charge is 0.0738 e. The summed E-state index contributed by atoms with van der Waals surface area (Å²) in [6, 6.07) is 0.377. The van der Waals surface area contributed by atoms with Crippen LogP contribution in [0.5, 0.6) is 0 Å². The highest BCUT2D eigenvalue weighted by atomic mass is 16.3. The van der Waals surface area contributed by atoms with E-state index in [1.807, 2.05) is 7.05 Å². The van der Waals surface area contributed by atoms with E-state index in [1.54, 1.807) is 10.9 Å². The van der Waals surface area contributed by atoms with E-state index >= 15 is 0 Å². The molecule has 1 fully saturated rings. The van der Waals surface area contributed by atoms with Crippen LogP contribution in [0, 0.1) is 5.41 Å². The zero-order chi connectivity index (χ0) is 11.1. The summed E-state index contributed by atoms with van der Waals surface area (Å²) in [5.41, 5.74) is 1.04. The molecular formula is C10H18N4O. The van der Waals surface area contributed by atoms with Gasteiger partial charge in [0.25, 0.3) is 0 Å². The van der Waals surface area contributed by atoms with Crippen molar-refractivity contribution in [1.82, 2.24) is 20.3 Å². The quantitative estimate of drug-likeness (QED) is 0.740. The van der Waals surface area contributed by atoms with Gasteiger partial charge in [0.05, 0.1) is 18.0 Å². The maximum Gasteiger partial charge on any atom is 0.0738 e. The second-order valence-corrected chi connectivity index (χ2v) is 4.86. The van der Waals surface area contributed by atoms with Crippen LogP contribution in [-0.2, 0) is 13.6 Å². The summed E-state index contributed by atoms with van der Waals surface area (Å²) in [7, 11) is 1.88. The molecule has 0 aromatic carbocycles. The van der Waals surface area contributed by atoms with Crippen molar-refractivity contribution < 1.29 is 5.11 Å². The molecule has 2 unspecified atom stereocenters. The van der Waals surface area contributed by atoms with Gasteiger partial charge in [-0.15, -0.1) is 5.10 Å². The Hall–Kier alpha value is -0.940. The average Bonchev–Trinajstić information content (AvgIpc) is 2.58. The molecule has 0 saturated heterocycles. The van der Waals surface area contributed by atoms with Crippen LogP contribution in [0.3, 0.4) is 0 Å². The van der Waals surface area contributed by atoms with E-state index in [0.717, 1.165) is 18.7 Å². The van der Waals surface area contributed by atoms with Crippen LogP contribution in [0.1, 0.15) is 26.0 Å². The Balaban J connectivity index is 1.88. The minimum Gasteiger partial charge on any atom is -0.392 e. The first-order valence-electron chi connectivity index (χ1n) is 5.27. The van der Waals surface area contributed by atoms with Crippen LogP contribution >= 0.6 is 0 Å². The predicted octanol–water partition coefficient (Wildman–Crippen LogP) is 0.0641. The Labute approximate surface area is 89.5 Å². The summed E-state index contributed by atoms with van der Waals surface area (Å²) < 4.78 is 1.76. The monoisotopic (exact) mass is 210 g/mol. The summed E-state index contributed by atoms with van der Waals surface area (Å²) in [6.07, 6.45) is 2.41. The fourth-order valence-electron chi connectivity index (χ4n) is 1.95. The van der Waals surface area contributed by atoms with E-state index in [2.05, 4.69) is 29.5 Å². The van der Waals surface area contributed by atoms with Crippen molar-refractivity contribution in [2.45, 2.75) is 39.0 Å². The van der Waals surface area contributed by atoms with Gasteiger partial charge >= 0.3 is 0 Å². The van der Waals surface area contributed by atoms with Gasteiger partial charge in [0.1, 0.15) is 0 Å². The summed E-state index contributed by atoms with van der Waals surface area (Å²) in [5, 5.41) is 20.7. The largest absolute Gasteiger partial charge is 0.392 e. The second-order valence-electron chi connectivity index (χ2n) is 4.86. The molecule has 1 aliphatic rings. The summed E-state index contributed by atoms with van der Waals surface area (Å²) in [6.45, 7) is 4.92. The maximum atomic E-state index is 9.59. The maximum absolute atomic E-state index is 9.59. The van der Waals surface area contributed by atoms with Gasteiger partial charge in [-0.3, -0.25) is 4.68 Å². The van der Waals surface area contributed by atoms with E-state index in [1.165, 1.54) is 0 Å². The van der Waals surface area contributed by atoms with Crippen LogP contribution in [0.15, 0.2) is 6.20 Å². The molecule has 2 N–H and O–H groups in total. The standard InChI is InChI=1S/C10H18N4O/c1-10(2)8(4-9(10)15)11-5-7-6-12-13-14(7)3/h6,8-9,11,15H,4-5H2,1-3H3. The van der Waals surface area contributed by atoms with Crippen LogP contribution in [0.25, 0.3) is 0 Å². The van der Waals surface area contributed by atoms with E-state index < -0.39 is 0 Å². The van der Waals surface area contributed by atoms with Gasteiger partial charge in [0.2, 0.25) is 0 Å². The number of aromatic nitrogens is 3. The molecule has 1 heterocycles. The normalized spacial score (nSPS) is 28.8. The summed E-state index contributed by atoms with van der Waals surface area (Å²) in [4.78, 5) is 0. The molecule has 15 heavy (non-hydrogen) atoms. The first kappa shape index (κ1) is 10.6. The van der Waals surface area contributed by atoms with Crippen molar-refractivity contribution in [3.05, 3.63) is 11.9 Å². The fraction of sp³-hybridized carbons (Fsp3) is 0.800. The lowest BCUT2D eigenvalue weighted by Gasteiger charge is -2.49. The number of hydrogen-bond donors (Lipinski definition) is 2. The van der Waals surface area contributed by atoms with Gasteiger partial charge < -0.3 is 10.4 Å². The molecule has 0 amide bonds. The first-order valence-corrected chi connectivity index (χ1v) is 5.27. The molecule has 84 valence electrons. The fourth-order valence-corrected chi connectivity index (χ4v) is 1.95. The highest BCUT2D eigenvalue weighted by Gasteiger charge is 2.46. The van der Waals surface area contributed by atoms with Crippen molar-refractivity contribution in [3.63, 3.8) is 0 Å². The molecule has 0 radical (unpaired) electrons. The van der Waals surface area contributed by atoms with Crippen LogP contribution in [-0.4, -0.2) is 32.2 Å². The van der Waals surface area contributed by atoms with Gasteiger partial charge in [0.15, 0.2) is 0 Å².